The number of carbonyl (C=O) groups excluding carboxylic acids is 1. The fourth-order valence-electron chi connectivity index (χ4n) is 5.18. The third-order valence-corrected chi connectivity index (χ3v) is 7.00. The second kappa shape index (κ2) is 10.1. The molecule has 1 unspecified atom stereocenters. The minimum Gasteiger partial charge on any atom is -0.494 e. The molecule has 2 aromatic carbocycles. The lowest BCUT2D eigenvalue weighted by Crippen LogP contribution is -2.40. The van der Waals surface area contributed by atoms with E-state index in [-0.39, 0.29) is 11.9 Å². The second-order valence-electron chi connectivity index (χ2n) is 9.66. The van der Waals surface area contributed by atoms with Gasteiger partial charge in [0.1, 0.15) is 23.8 Å². The SMILES string of the molecule is Cn1cc(CCC(=O)N2CCc3cc4ccc3C2c2cccc(c2)OCCCn2cc(nn2)CO4)cn1. The van der Waals surface area contributed by atoms with Gasteiger partial charge in [-0.3, -0.25) is 14.2 Å². The van der Waals surface area contributed by atoms with Gasteiger partial charge in [-0.05, 0) is 59.4 Å². The number of hydrogen-bond acceptors (Lipinski definition) is 6. The molecule has 7 rings (SSSR count). The Morgan fingerprint density at radius 3 is 2.89 bits per heavy atom. The van der Waals surface area contributed by atoms with E-state index in [0.717, 1.165) is 46.7 Å². The lowest BCUT2D eigenvalue weighted by Gasteiger charge is -2.38. The highest BCUT2D eigenvalue weighted by Crippen LogP contribution is 2.38. The van der Waals surface area contributed by atoms with E-state index in [0.29, 0.717) is 39.1 Å². The number of benzene rings is 2. The summed E-state index contributed by atoms with van der Waals surface area (Å²) in [7, 11) is 1.89. The van der Waals surface area contributed by atoms with Crippen LogP contribution in [-0.2, 0) is 37.8 Å². The number of aryl methyl sites for hydroxylation is 3. The highest BCUT2D eigenvalue weighted by atomic mass is 16.5. The Bertz CT molecular complexity index is 1410. The molecule has 0 saturated carbocycles. The first-order chi connectivity index (χ1) is 18.1. The molecule has 0 spiro atoms. The average Bonchev–Trinajstić information content (AvgIpc) is 3.56. The maximum Gasteiger partial charge on any atom is 0.223 e. The first kappa shape index (κ1) is 23.3. The molecule has 3 aliphatic heterocycles. The summed E-state index contributed by atoms with van der Waals surface area (Å²) in [4.78, 5) is 15.6. The van der Waals surface area contributed by atoms with Crippen molar-refractivity contribution < 1.29 is 14.3 Å². The number of carbonyl (C=O) groups is 1. The Balaban J connectivity index is 1.33. The van der Waals surface area contributed by atoms with Crippen LogP contribution in [0, 0.1) is 0 Å². The van der Waals surface area contributed by atoms with Crippen molar-refractivity contribution in [3.05, 3.63) is 89.0 Å². The lowest BCUT2D eigenvalue weighted by atomic mass is 9.87. The molecule has 0 N–H and O–H groups in total. The quantitative estimate of drug-likeness (QED) is 0.430. The molecule has 9 heteroatoms. The number of ether oxygens (including phenoxy) is 2. The number of aromatic nitrogens is 5. The molecule has 0 aliphatic carbocycles. The minimum absolute atomic E-state index is 0.138. The van der Waals surface area contributed by atoms with Crippen molar-refractivity contribution in [2.45, 2.75) is 44.9 Å². The first-order valence-corrected chi connectivity index (χ1v) is 12.8. The van der Waals surface area contributed by atoms with Crippen LogP contribution in [0.25, 0.3) is 0 Å². The van der Waals surface area contributed by atoms with E-state index in [4.69, 9.17) is 9.47 Å². The topological polar surface area (TPSA) is 87.3 Å². The smallest absolute Gasteiger partial charge is 0.223 e. The molecule has 5 heterocycles. The third-order valence-electron chi connectivity index (χ3n) is 7.00. The summed E-state index contributed by atoms with van der Waals surface area (Å²) in [5.41, 5.74) is 5.22. The van der Waals surface area contributed by atoms with Crippen molar-refractivity contribution in [1.29, 1.82) is 0 Å². The molecule has 1 atom stereocenters. The predicted octanol–water partition coefficient (Wildman–Crippen LogP) is 3.48. The maximum absolute atomic E-state index is 13.6. The van der Waals surface area contributed by atoms with Gasteiger partial charge in [0, 0.05) is 39.2 Å². The van der Waals surface area contributed by atoms with E-state index in [1.54, 1.807) is 4.68 Å². The summed E-state index contributed by atoms with van der Waals surface area (Å²) < 4.78 is 15.8. The summed E-state index contributed by atoms with van der Waals surface area (Å²) in [6.07, 6.45) is 8.40. The van der Waals surface area contributed by atoms with Crippen LogP contribution in [0.2, 0.25) is 0 Å². The second-order valence-corrected chi connectivity index (χ2v) is 9.66. The van der Waals surface area contributed by atoms with Crippen LogP contribution in [0.4, 0.5) is 0 Å². The third kappa shape index (κ3) is 5.07. The van der Waals surface area contributed by atoms with E-state index in [9.17, 15) is 4.79 Å². The normalized spacial score (nSPS) is 17.1. The number of fused-ring (bicyclic) bond motifs is 5. The van der Waals surface area contributed by atoms with Crippen LogP contribution in [0.1, 0.15) is 46.8 Å². The molecule has 190 valence electrons. The van der Waals surface area contributed by atoms with Gasteiger partial charge in [-0.25, -0.2) is 0 Å². The van der Waals surface area contributed by atoms with Gasteiger partial charge in [0.2, 0.25) is 5.91 Å². The molecule has 37 heavy (non-hydrogen) atoms. The highest BCUT2D eigenvalue weighted by molar-refractivity contribution is 5.78. The van der Waals surface area contributed by atoms with Gasteiger partial charge in [-0.1, -0.05) is 23.4 Å². The Hall–Kier alpha value is -4.14. The fraction of sp³-hybridized carbons (Fsp3) is 0.357. The molecule has 0 radical (unpaired) electrons. The van der Waals surface area contributed by atoms with Crippen LogP contribution in [0.5, 0.6) is 11.5 Å². The van der Waals surface area contributed by atoms with Gasteiger partial charge in [0.05, 0.1) is 25.0 Å². The number of amides is 1. The summed E-state index contributed by atoms with van der Waals surface area (Å²) in [6, 6.07) is 14.1. The molecule has 4 aromatic rings. The zero-order chi connectivity index (χ0) is 25.2. The summed E-state index contributed by atoms with van der Waals surface area (Å²) in [5, 5.41) is 12.7. The van der Waals surface area contributed by atoms with E-state index in [1.807, 2.05) is 53.4 Å². The maximum atomic E-state index is 13.6. The molecule has 0 saturated heterocycles. The molecule has 0 fully saturated rings. The zero-order valence-electron chi connectivity index (χ0n) is 20.9. The minimum atomic E-state index is -0.183. The van der Waals surface area contributed by atoms with Crippen LogP contribution in [-0.4, -0.2) is 48.7 Å². The van der Waals surface area contributed by atoms with Crippen LogP contribution in [0.3, 0.4) is 0 Å². The molecule has 2 aromatic heterocycles. The van der Waals surface area contributed by atoms with Gasteiger partial charge in [0.25, 0.3) is 0 Å². The molecular weight excluding hydrogens is 468 g/mol. The summed E-state index contributed by atoms with van der Waals surface area (Å²) >= 11 is 0. The van der Waals surface area contributed by atoms with Crippen molar-refractivity contribution in [3.8, 4) is 11.5 Å². The predicted molar refractivity (Wildman–Crippen MR) is 136 cm³/mol. The number of hydrogen-bond donors (Lipinski definition) is 0. The van der Waals surface area contributed by atoms with Crippen molar-refractivity contribution in [1.82, 2.24) is 29.7 Å². The summed E-state index contributed by atoms with van der Waals surface area (Å²) in [6.45, 7) is 2.28. The standard InChI is InChI=1S/C28H30N6O3/c1-32-17-20(16-29-32)6-9-27(35)34-12-10-21-14-25-7-8-26(21)28(34)22-4-2-5-24(15-22)36-13-3-11-33-18-23(19-37-25)30-31-33/h2,4-5,7-8,14-18,28H,3,6,9-13,19H2,1H3. The monoisotopic (exact) mass is 498 g/mol. The van der Waals surface area contributed by atoms with Crippen LogP contribution < -0.4 is 9.47 Å². The van der Waals surface area contributed by atoms with Gasteiger partial charge in [-0.15, -0.1) is 5.10 Å². The van der Waals surface area contributed by atoms with Crippen LogP contribution >= 0.6 is 0 Å². The Labute approximate surface area is 215 Å². The number of rotatable bonds is 3. The van der Waals surface area contributed by atoms with Gasteiger partial charge in [-0.2, -0.15) is 5.10 Å². The van der Waals surface area contributed by atoms with E-state index in [2.05, 4.69) is 39.7 Å². The zero-order valence-corrected chi connectivity index (χ0v) is 20.9. The van der Waals surface area contributed by atoms with Crippen molar-refractivity contribution >= 4 is 5.91 Å². The summed E-state index contributed by atoms with van der Waals surface area (Å²) in [5.74, 6) is 1.74. The Morgan fingerprint density at radius 1 is 1.08 bits per heavy atom. The Morgan fingerprint density at radius 2 is 2.00 bits per heavy atom. The lowest BCUT2D eigenvalue weighted by molar-refractivity contribution is -0.133. The van der Waals surface area contributed by atoms with Crippen molar-refractivity contribution in [2.24, 2.45) is 7.05 Å². The Kier molecular flexibility index (Phi) is 6.34. The first-order valence-electron chi connectivity index (χ1n) is 12.8. The van der Waals surface area contributed by atoms with Gasteiger partial charge < -0.3 is 14.4 Å². The molecule has 8 bridgehead atoms. The molecular formula is C28H30N6O3. The molecule has 9 nitrogen and oxygen atoms in total. The molecule has 1 amide bonds. The van der Waals surface area contributed by atoms with Crippen molar-refractivity contribution in [2.75, 3.05) is 13.2 Å². The highest BCUT2D eigenvalue weighted by Gasteiger charge is 2.32. The largest absolute Gasteiger partial charge is 0.494 e. The van der Waals surface area contributed by atoms with Crippen molar-refractivity contribution in [3.63, 3.8) is 0 Å². The number of nitrogens with zero attached hydrogens (tertiary/aromatic N) is 6. The fourth-order valence-corrected chi connectivity index (χ4v) is 5.18. The average molecular weight is 499 g/mol. The molecule has 3 aliphatic rings. The van der Waals surface area contributed by atoms with E-state index >= 15 is 0 Å². The van der Waals surface area contributed by atoms with Gasteiger partial charge >= 0.3 is 0 Å². The van der Waals surface area contributed by atoms with Gasteiger partial charge in [0.15, 0.2) is 0 Å². The van der Waals surface area contributed by atoms with E-state index < -0.39 is 0 Å². The van der Waals surface area contributed by atoms with E-state index in [1.165, 1.54) is 5.56 Å². The van der Waals surface area contributed by atoms with Crippen LogP contribution in [0.15, 0.2) is 61.1 Å².